The van der Waals surface area contributed by atoms with Crippen LogP contribution in [0, 0.1) is 12.7 Å². The summed E-state index contributed by atoms with van der Waals surface area (Å²) in [5, 5.41) is 9.76. The lowest BCUT2D eigenvalue weighted by Crippen LogP contribution is -2.30. The van der Waals surface area contributed by atoms with Crippen molar-refractivity contribution in [2.24, 2.45) is 0 Å². The third kappa shape index (κ3) is 3.02. The molecule has 1 N–H and O–H groups in total. The Morgan fingerprint density at radius 1 is 1.11 bits per heavy atom. The molecule has 0 radical (unpaired) electrons. The lowest BCUT2D eigenvalue weighted by Gasteiger charge is -2.29. The van der Waals surface area contributed by atoms with Gasteiger partial charge in [0, 0.05) is 5.41 Å². The fourth-order valence-corrected chi connectivity index (χ4v) is 2.34. The molecule has 2 heteroatoms. The van der Waals surface area contributed by atoms with E-state index in [1.165, 1.54) is 23.3 Å². The predicted molar refractivity (Wildman–Crippen MR) is 75.7 cm³/mol. The van der Waals surface area contributed by atoms with Crippen LogP contribution in [0.5, 0.6) is 0 Å². The highest BCUT2D eigenvalue weighted by atomic mass is 19.1. The Labute approximate surface area is 113 Å². The molecule has 0 fully saturated rings. The fraction of sp³-hybridized carbons (Fsp3) is 0.294. The van der Waals surface area contributed by atoms with Crippen LogP contribution in [0.4, 0.5) is 4.39 Å². The van der Waals surface area contributed by atoms with Gasteiger partial charge in [-0.25, -0.2) is 4.39 Å². The molecule has 1 nitrogen and oxygen atoms in total. The Balaban J connectivity index is 2.36. The normalized spacial score (nSPS) is 14.1. The summed E-state index contributed by atoms with van der Waals surface area (Å²) in [5.74, 6) is -0.262. The maximum Gasteiger partial charge on any atom is 0.123 e. The summed E-state index contributed by atoms with van der Waals surface area (Å²) in [6, 6.07) is 14.6. The van der Waals surface area contributed by atoms with Gasteiger partial charge in [-0.05, 0) is 42.2 Å². The molecule has 0 amide bonds. The van der Waals surface area contributed by atoms with Crippen LogP contribution in [0.15, 0.2) is 48.5 Å². The zero-order chi connectivity index (χ0) is 13.9. The first kappa shape index (κ1) is 13.8. The van der Waals surface area contributed by atoms with Crippen molar-refractivity contribution in [2.75, 3.05) is 6.61 Å². The highest BCUT2D eigenvalue weighted by Crippen LogP contribution is 2.29. The van der Waals surface area contributed by atoms with Gasteiger partial charge in [0.05, 0.1) is 6.61 Å². The molecule has 2 rings (SSSR count). The second-order valence-corrected chi connectivity index (χ2v) is 5.33. The number of benzene rings is 2. The van der Waals surface area contributed by atoms with Crippen molar-refractivity contribution >= 4 is 0 Å². The molecule has 0 aliphatic carbocycles. The molecule has 1 atom stereocenters. The molecule has 0 spiro atoms. The van der Waals surface area contributed by atoms with Crippen molar-refractivity contribution in [2.45, 2.75) is 25.7 Å². The molecule has 0 heterocycles. The number of halogens is 1. The monoisotopic (exact) mass is 258 g/mol. The van der Waals surface area contributed by atoms with Crippen LogP contribution in [0.25, 0.3) is 0 Å². The van der Waals surface area contributed by atoms with Crippen molar-refractivity contribution in [3.05, 3.63) is 71.0 Å². The largest absolute Gasteiger partial charge is 0.395 e. The van der Waals surface area contributed by atoms with Crippen molar-refractivity contribution in [3.63, 3.8) is 0 Å². The first-order chi connectivity index (χ1) is 9.05. The first-order valence-corrected chi connectivity index (χ1v) is 6.46. The molecule has 0 saturated carbocycles. The van der Waals surface area contributed by atoms with E-state index >= 15 is 0 Å². The summed E-state index contributed by atoms with van der Waals surface area (Å²) >= 11 is 0. The van der Waals surface area contributed by atoms with Gasteiger partial charge in [-0.15, -0.1) is 0 Å². The standard InChI is InChI=1S/C17H19FO/c1-13-6-3-4-7-14(13)11-17(2,12-19)15-8-5-9-16(18)10-15/h3-10,19H,11-12H2,1-2H3. The lowest BCUT2D eigenvalue weighted by molar-refractivity contribution is 0.204. The Kier molecular flexibility index (Phi) is 4.01. The van der Waals surface area contributed by atoms with E-state index in [2.05, 4.69) is 19.1 Å². The summed E-state index contributed by atoms with van der Waals surface area (Å²) in [6.07, 6.45) is 0.694. The molecule has 0 aromatic heterocycles. The quantitative estimate of drug-likeness (QED) is 0.888. The van der Waals surface area contributed by atoms with Crippen LogP contribution < -0.4 is 0 Å². The predicted octanol–water partition coefficient (Wildman–Crippen LogP) is 3.63. The summed E-state index contributed by atoms with van der Waals surface area (Å²) in [4.78, 5) is 0. The van der Waals surface area contributed by atoms with Crippen LogP contribution >= 0.6 is 0 Å². The van der Waals surface area contributed by atoms with Crippen molar-refractivity contribution in [3.8, 4) is 0 Å². The van der Waals surface area contributed by atoms with Crippen molar-refractivity contribution < 1.29 is 9.50 Å². The zero-order valence-corrected chi connectivity index (χ0v) is 11.4. The number of hydrogen-bond donors (Lipinski definition) is 1. The Hall–Kier alpha value is -1.67. The number of hydrogen-bond acceptors (Lipinski definition) is 1. The summed E-state index contributed by atoms with van der Waals surface area (Å²) in [5.41, 5.74) is 2.74. The first-order valence-electron chi connectivity index (χ1n) is 6.46. The van der Waals surface area contributed by atoms with Crippen LogP contribution in [-0.2, 0) is 11.8 Å². The van der Waals surface area contributed by atoms with Crippen molar-refractivity contribution in [1.82, 2.24) is 0 Å². The molecule has 100 valence electrons. The van der Waals surface area contributed by atoms with Crippen LogP contribution in [0.3, 0.4) is 0 Å². The smallest absolute Gasteiger partial charge is 0.123 e. The van der Waals surface area contributed by atoms with Gasteiger partial charge in [-0.1, -0.05) is 43.3 Å². The molecule has 19 heavy (non-hydrogen) atoms. The van der Waals surface area contributed by atoms with E-state index < -0.39 is 5.41 Å². The van der Waals surface area contributed by atoms with E-state index in [1.54, 1.807) is 6.07 Å². The summed E-state index contributed by atoms with van der Waals surface area (Å²) < 4.78 is 13.4. The molecule has 0 saturated heterocycles. The second-order valence-electron chi connectivity index (χ2n) is 5.33. The van der Waals surface area contributed by atoms with Gasteiger partial charge in [-0.2, -0.15) is 0 Å². The topological polar surface area (TPSA) is 20.2 Å². The van der Waals surface area contributed by atoms with E-state index in [0.717, 1.165) is 5.56 Å². The Morgan fingerprint density at radius 3 is 2.47 bits per heavy atom. The molecule has 2 aromatic rings. The van der Waals surface area contributed by atoms with Gasteiger partial charge < -0.3 is 5.11 Å². The minimum atomic E-state index is -0.464. The number of rotatable bonds is 4. The highest BCUT2D eigenvalue weighted by Gasteiger charge is 2.27. The second kappa shape index (κ2) is 5.54. The average Bonchev–Trinajstić information content (AvgIpc) is 2.41. The molecular weight excluding hydrogens is 239 g/mol. The molecular formula is C17H19FO. The van der Waals surface area contributed by atoms with Gasteiger partial charge in [0.1, 0.15) is 5.82 Å². The SMILES string of the molecule is Cc1ccccc1CC(C)(CO)c1cccc(F)c1. The third-order valence-corrected chi connectivity index (χ3v) is 3.71. The van der Waals surface area contributed by atoms with Gasteiger partial charge in [-0.3, -0.25) is 0 Å². The van der Waals surface area contributed by atoms with E-state index in [9.17, 15) is 9.50 Å². The van der Waals surface area contributed by atoms with Gasteiger partial charge in [0.15, 0.2) is 0 Å². The van der Waals surface area contributed by atoms with Crippen molar-refractivity contribution in [1.29, 1.82) is 0 Å². The molecule has 0 aliphatic heterocycles. The lowest BCUT2D eigenvalue weighted by atomic mass is 9.77. The zero-order valence-electron chi connectivity index (χ0n) is 11.4. The minimum Gasteiger partial charge on any atom is -0.395 e. The number of aliphatic hydroxyl groups is 1. The van der Waals surface area contributed by atoms with E-state index in [-0.39, 0.29) is 12.4 Å². The van der Waals surface area contributed by atoms with E-state index in [0.29, 0.717) is 6.42 Å². The molecule has 0 aliphatic rings. The molecule has 0 bridgehead atoms. The average molecular weight is 258 g/mol. The van der Waals surface area contributed by atoms with E-state index in [4.69, 9.17) is 0 Å². The number of aliphatic hydroxyl groups excluding tert-OH is 1. The maximum atomic E-state index is 13.4. The van der Waals surface area contributed by atoms with Gasteiger partial charge in [0.2, 0.25) is 0 Å². The summed E-state index contributed by atoms with van der Waals surface area (Å²) in [7, 11) is 0. The molecule has 2 aromatic carbocycles. The highest BCUT2D eigenvalue weighted by molar-refractivity contribution is 5.33. The van der Waals surface area contributed by atoms with Gasteiger partial charge >= 0.3 is 0 Å². The van der Waals surface area contributed by atoms with E-state index in [1.807, 2.05) is 25.1 Å². The third-order valence-electron chi connectivity index (χ3n) is 3.71. The summed E-state index contributed by atoms with van der Waals surface area (Å²) in [6.45, 7) is 4.01. The maximum absolute atomic E-state index is 13.4. The minimum absolute atomic E-state index is 0.00914. The van der Waals surface area contributed by atoms with Gasteiger partial charge in [0.25, 0.3) is 0 Å². The Bertz CT molecular complexity index is 565. The van der Waals surface area contributed by atoms with Crippen LogP contribution in [0.1, 0.15) is 23.6 Å². The Morgan fingerprint density at radius 2 is 1.84 bits per heavy atom. The number of aryl methyl sites for hydroxylation is 1. The molecule has 1 unspecified atom stereocenters. The van der Waals surface area contributed by atoms with Crippen LogP contribution in [0.2, 0.25) is 0 Å². The fourth-order valence-electron chi connectivity index (χ4n) is 2.34. The van der Waals surface area contributed by atoms with Crippen LogP contribution in [-0.4, -0.2) is 11.7 Å².